The van der Waals surface area contributed by atoms with Gasteiger partial charge in [-0.2, -0.15) is 0 Å². The molecular formula is C19H14O3. The molecule has 3 N–H and O–H groups in total. The minimum atomic E-state index is -0.317. The Morgan fingerprint density at radius 1 is 0.682 bits per heavy atom. The molecule has 0 saturated carbocycles. The van der Waals surface area contributed by atoms with E-state index in [1.165, 1.54) is 17.2 Å². The van der Waals surface area contributed by atoms with Gasteiger partial charge in [0.05, 0.1) is 0 Å². The molecule has 0 saturated heterocycles. The maximum Gasteiger partial charge on any atom is 0.165 e. The van der Waals surface area contributed by atoms with E-state index in [-0.39, 0.29) is 17.2 Å². The molecule has 0 unspecified atom stereocenters. The fourth-order valence-corrected chi connectivity index (χ4v) is 3.22. The Morgan fingerprint density at radius 3 is 2.18 bits per heavy atom. The van der Waals surface area contributed by atoms with E-state index in [0.717, 1.165) is 29.2 Å². The van der Waals surface area contributed by atoms with Gasteiger partial charge in [0.15, 0.2) is 11.5 Å². The molecule has 0 bridgehead atoms. The van der Waals surface area contributed by atoms with Gasteiger partial charge in [-0.25, -0.2) is 0 Å². The number of benzene rings is 3. The Bertz CT molecular complexity index is 897. The molecule has 108 valence electrons. The molecule has 3 nitrogen and oxygen atoms in total. The largest absolute Gasteiger partial charge is 0.508 e. The Morgan fingerprint density at radius 2 is 1.36 bits per heavy atom. The summed E-state index contributed by atoms with van der Waals surface area (Å²) in [5.41, 5.74) is 5.95. The van der Waals surface area contributed by atoms with Crippen LogP contribution < -0.4 is 0 Å². The zero-order valence-electron chi connectivity index (χ0n) is 11.7. The van der Waals surface area contributed by atoms with Gasteiger partial charge in [0.1, 0.15) is 5.75 Å². The van der Waals surface area contributed by atoms with Crippen molar-refractivity contribution in [2.24, 2.45) is 0 Å². The van der Waals surface area contributed by atoms with Gasteiger partial charge in [-0.1, -0.05) is 42.5 Å². The van der Waals surface area contributed by atoms with Crippen molar-refractivity contribution < 1.29 is 15.3 Å². The lowest BCUT2D eigenvalue weighted by atomic mass is 9.94. The number of fused-ring (bicyclic) bond motifs is 3. The molecule has 4 rings (SSSR count). The van der Waals surface area contributed by atoms with E-state index in [0.29, 0.717) is 5.56 Å². The minimum Gasteiger partial charge on any atom is -0.508 e. The number of rotatable bonds is 1. The molecule has 1 aliphatic rings. The monoisotopic (exact) mass is 290 g/mol. The molecule has 1 aliphatic carbocycles. The van der Waals surface area contributed by atoms with Crippen LogP contribution in [0.25, 0.3) is 22.3 Å². The fraction of sp³-hybridized carbons (Fsp3) is 0.0526. The highest BCUT2D eigenvalue weighted by molar-refractivity contribution is 5.87. The summed E-state index contributed by atoms with van der Waals surface area (Å²) in [6.07, 6.45) is 0.775. The first-order valence-electron chi connectivity index (χ1n) is 7.10. The molecular weight excluding hydrogens is 276 g/mol. The zero-order valence-corrected chi connectivity index (χ0v) is 11.7. The first-order valence-corrected chi connectivity index (χ1v) is 7.10. The Balaban J connectivity index is 1.97. The van der Waals surface area contributed by atoms with Crippen LogP contribution in [0.2, 0.25) is 0 Å². The van der Waals surface area contributed by atoms with E-state index < -0.39 is 0 Å². The molecule has 0 spiro atoms. The van der Waals surface area contributed by atoms with E-state index in [2.05, 4.69) is 18.2 Å². The molecule has 3 heteroatoms. The van der Waals surface area contributed by atoms with Gasteiger partial charge in [0.2, 0.25) is 0 Å². The van der Waals surface area contributed by atoms with E-state index in [1.54, 1.807) is 0 Å². The van der Waals surface area contributed by atoms with Gasteiger partial charge in [0, 0.05) is 11.6 Å². The lowest BCUT2D eigenvalue weighted by Gasteiger charge is -2.12. The number of phenolic OH excluding ortho intramolecular Hbond substituents is 3. The number of aromatic hydroxyl groups is 3. The van der Waals surface area contributed by atoms with Gasteiger partial charge < -0.3 is 15.3 Å². The van der Waals surface area contributed by atoms with Crippen molar-refractivity contribution >= 4 is 0 Å². The summed E-state index contributed by atoms with van der Waals surface area (Å²) in [4.78, 5) is 0. The predicted molar refractivity (Wildman–Crippen MR) is 85.1 cm³/mol. The van der Waals surface area contributed by atoms with Crippen molar-refractivity contribution in [1.29, 1.82) is 0 Å². The van der Waals surface area contributed by atoms with Crippen LogP contribution in [0.15, 0.2) is 54.6 Å². The van der Waals surface area contributed by atoms with E-state index in [9.17, 15) is 15.3 Å². The van der Waals surface area contributed by atoms with Crippen LogP contribution in [0.3, 0.4) is 0 Å². The summed E-state index contributed by atoms with van der Waals surface area (Å²) in [5, 5.41) is 29.6. The maximum atomic E-state index is 10.2. The van der Waals surface area contributed by atoms with Gasteiger partial charge >= 0.3 is 0 Å². The Kier molecular flexibility index (Phi) is 2.63. The third kappa shape index (κ3) is 1.76. The lowest BCUT2D eigenvalue weighted by Crippen LogP contribution is -1.89. The van der Waals surface area contributed by atoms with Crippen LogP contribution in [0, 0.1) is 0 Å². The van der Waals surface area contributed by atoms with Gasteiger partial charge in [0.25, 0.3) is 0 Å². The fourth-order valence-electron chi connectivity index (χ4n) is 3.22. The number of phenols is 3. The van der Waals surface area contributed by atoms with Crippen molar-refractivity contribution in [3.05, 3.63) is 65.7 Å². The molecule has 0 radical (unpaired) electrons. The second kappa shape index (κ2) is 4.53. The third-order valence-corrected chi connectivity index (χ3v) is 4.22. The molecule has 3 aromatic rings. The van der Waals surface area contributed by atoms with Crippen LogP contribution >= 0.6 is 0 Å². The average Bonchev–Trinajstić information content (AvgIpc) is 2.89. The highest BCUT2D eigenvalue weighted by Crippen LogP contribution is 2.46. The molecule has 3 aromatic carbocycles. The van der Waals surface area contributed by atoms with E-state index >= 15 is 0 Å². The van der Waals surface area contributed by atoms with Crippen molar-refractivity contribution in [3.8, 4) is 39.5 Å². The first kappa shape index (κ1) is 12.8. The quantitative estimate of drug-likeness (QED) is 0.366. The van der Waals surface area contributed by atoms with Crippen molar-refractivity contribution in [1.82, 2.24) is 0 Å². The van der Waals surface area contributed by atoms with E-state index in [1.807, 2.05) is 24.3 Å². The molecule has 22 heavy (non-hydrogen) atoms. The Hall–Kier alpha value is -2.94. The van der Waals surface area contributed by atoms with Crippen LogP contribution in [0.1, 0.15) is 11.1 Å². The standard InChI is InChI=1S/C19H14O3/c20-12-9-17(19(22)18(21)10-12)15-7-3-6-14-13-5-2-1-4-11(13)8-16(14)15/h1-7,9-10,20-22H,8H2. The SMILES string of the molecule is Oc1cc(O)c(O)c(-c2cccc3c2Cc2ccccc2-3)c1. The summed E-state index contributed by atoms with van der Waals surface area (Å²) >= 11 is 0. The third-order valence-electron chi connectivity index (χ3n) is 4.22. The molecule has 0 atom stereocenters. The van der Waals surface area contributed by atoms with Crippen LogP contribution in [-0.4, -0.2) is 15.3 Å². The Labute approximate surface area is 127 Å². The molecule has 0 heterocycles. The first-order chi connectivity index (χ1) is 10.6. The van der Waals surface area contributed by atoms with Crippen LogP contribution in [0.5, 0.6) is 17.2 Å². The van der Waals surface area contributed by atoms with E-state index in [4.69, 9.17) is 0 Å². The van der Waals surface area contributed by atoms with Gasteiger partial charge in [-0.3, -0.25) is 0 Å². The smallest absolute Gasteiger partial charge is 0.165 e. The lowest BCUT2D eigenvalue weighted by molar-refractivity contribution is 0.398. The van der Waals surface area contributed by atoms with Gasteiger partial charge in [-0.15, -0.1) is 0 Å². The maximum absolute atomic E-state index is 10.2. The van der Waals surface area contributed by atoms with Crippen LogP contribution in [-0.2, 0) is 6.42 Å². The van der Waals surface area contributed by atoms with Crippen molar-refractivity contribution in [3.63, 3.8) is 0 Å². The zero-order chi connectivity index (χ0) is 15.3. The van der Waals surface area contributed by atoms with Gasteiger partial charge in [-0.05, 0) is 40.3 Å². The predicted octanol–water partition coefficient (Wildman–Crippen LogP) is 4.04. The number of hydrogen-bond acceptors (Lipinski definition) is 3. The van der Waals surface area contributed by atoms with Crippen molar-refractivity contribution in [2.75, 3.05) is 0 Å². The minimum absolute atomic E-state index is 0.0709. The van der Waals surface area contributed by atoms with Crippen molar-refractivity contribution in [2.45, 2.75) is 6.42 Å². The topological polar surface area (TPSA) is 60.7 Å². The highest BCUT2D eigenvalue weighted by Gasteiger charge is 2.23. The summed E-state index contributed by atoms with van der Waals surface area (Å²) < 4.78 is 0. The molecule has 0 aromatic heterocycles. The second-order valence-corrected chi connectivity index (χ2v) is 5.53. The van der Waals surface area contributed by atoms with Crippen LogP contribution in [0.4, 0.5) is 0 Å². The summed E-state index contributed by atoms with van der Waals surface area (Å²) in [7, 11) is 0. The molecule has 0 aliphatic heterocycles. The number of hydrogen-bond donors (Lipinski definition) is 3. The summed E-state index contributed by atoms with van der Waals surface area (Å²) in [6, 6.07) is 16.7. The second-order valence-electron chi connectivity index (χ2n) is 5.53. The average molecular weight is 290 g/mol. The summed E-state index contributed by atoms with van der Waals surface area (Å²) in [5.74, 6) is -0.594. The highest BCUT2D eigenvalue weighted by atomic mass is 16.3. The summed E-state index contributed by atoms with van der Waals surface area (Å²) in [6.45, 7) is 0. The molecule has 0 fully saturated rings. The molecule has 0 amide bonds. The normalized spacial score (nSPS) is 12.0.